The van der Waals surface area contributed by atoms with Crippen molar-refractivity contribution in [3.8, 4) is 0 Å². The first kappa shape index (κ1) is 11.6. The van der Waals surface area contributed by atoms with Crippen LogP contribution in [0, 0.1) is 0 Å². The largest absolute Gasteiger partial charge is 0.373 e. The Morgan fingerprint density at radius 1 is 1.19 bits per heavy atom. The normalized spacial score (nSPS) is 10.4. The summed E-state index contributed by atoms with van der Waals surface area (Å²) < 4.78 is 1.14. The zero-order valence-corrected chi connectivity index (χ0v) is 11.1. The molecule has 0 fully saturated rings. The van der Waals surface area contributed by atoms with Gasteiger partial charge in [0.15, 0.2) is 0 Å². The molecule has 2 aromatic rings. The van der Waals surface area contributed by atoms with Crippen molar-refractivity contribution in [3.05, 3.63) is 51.3 Å². The second kappa shape index (κ2) is 5.48. The number of thiophene rings is 1. The zero-order valence-electron chi connectivity index (χ0n) is 8.74. The van der Waals surface area contributed by atoms with E-state index in [2.05, 4.69) is 39.4 Å². The molecule has 3 N–H and O–H groups in total. The number of anilines is 1. The molecule has 0 aliphatic rings. The van der Waals surface area contributed by atoms with E-state index < -0.39 is 0 Å². The van der Waals surface area contributed by atoms with Gasteiger partial charge in [-0.2, -0.15) is 0 Å². The first-order valence-electron chi connectivity index (χ1n) is 5.05. The lowest BCUT2D eigenvalue weighted by Gasteiger charge is -2.05. The van der Waals surface area contributed by atoms with E-state index >= 15 is 0 Å². The Kier molecular flexibility index (Phi) is 3.98. The number of nitrogens with one attached hydrogen (secondary N) is 1. The van der Waals surface area contributed by atoms with Crippen LogP contribution in [0.2, 0.25) is 0 Å². The highest BCUT2D eigenvalue weighted by molar-refractivity contribution is 9.11. The molecule has 0 aliphatic heterocycles. The van der Waals surface area contributed by atoms with Crippen LogP contribution in [0.25, 0.3) is 0 Å². The van der Waals surface area contributed by atoms with E-state index in [1.165, 1.54) is 16.1 Å². The van der Waals surface area contributed by atoms with Crippen LogP contribution in [-0.4, -0.2) is 0 Å². The summed E-state index contributed by atoms with van der Waals surface area (Å²) in [4.78, 5) is 0. The molecule has 2 rings (SSSR count). The molecule has 0 saturated heterocycles. The maximum absolute atomic E-state index is 5.60. The van der Waals surface area contributed by atoms with Gasteiger partial charge in [0.2, 0.25) is 0 Å². The summed E-state index contributed by atoms with van der Waals surface area (Å²) in [6.45, 7) is 1.43. The van der Waals surface area contributed by atoms with E-state index in [0.717, 1.165) is 10.3 Å². The van der Waals surface area contributed by atoms with Crippen LogP contribution in [0.1, 0.15) is 11.1 Å². The van der Waals surface area contributed by atoms with Gasteiger partial charge < -0.3 is 11.1 Å². The van der Waals surface area contributed by atoms with Gasteiger partial charge in [-0.15, -0.1) is 11.3 Å². The Labute approximate surface area is 108 Å². The van der Waals surface area contributed by atoms with Crippen LogP contribution in [0.3, 0.4) is 0 Å². The van der Waals surface area contributed by atoms with Crippen LogP contribution >= 0.6 is 27.3 Å². The molecular formula is C12H13BrN2S. The molecule has 0 unspecified atom stereocenters. The molecule has 0 saturated carbocycles. The monoisotopic (exact) mass is 296 g/mol. The molecule has 0 spiro atoms. The molecule has 0 bridgehead atoms. The van der Waals surface area contributed by atoms with Gasteiger partial charge >= 0.3 is 0 Å². The summed E-state index contributed by atoms with van der Waals surface area (Å²) in [5.41, 5.74) is 8.03. The van der Waals surface area contributed by atoms with Gasteiger partial charge in [-0.3, -0.25) is 0 Å². The Morgan fingerprint density at radius 2 is 2.00 bits per heavy atom. The van der Waals surface area contributed by atoms with Crippen molar-refractivity contribution in [2.24, 2.45) is 5.73 Å². The van der Waals surface area contributed by atoms with E-state index in [4.69, 9.17) is 5.73 Å². The van der Waals surface area contributed by atoms with Crippen LogP contribution in [0.4, 0.5) is 5.00 Å². The minimum absolute atomic E-state index is 0.596. The maximum atomic E-state index is 5.60. The second-order valence-corrected chi connectivity index (χ2v) is 5.94. The lowest BCUT2D eigenvalue weighted by molar-refractivity contribution is 1.05. The van der Waals surface area contributed by atoms with Crippen LogP contribution in [-0.2, 0) is 13.1 Å². The van der Waals surface area contributed by atoms with Crippen molar-refractivity contribution in [2.45, 2.75) is 13.1 Å². The highest BCUT2D eigenvalue weighted by atomic mass is 79.9. The third kappa shape index (κ3) is 3.07. The standard InChI is InChI=1S/C12H13BrN2S/c13-11-4-5-12(16-11)15-8-10-3-1-2-9(6-10)7-14/h1-6,15H,7-8,14H2. The van der Waals surface area contributed by atoms with Crippen molar-refractivity contribution in [1.82, 2.24) is 0 Å². The van der Waals surface area contributed by atoms with Crippen LogP contribution < -0.4 is 11.1 Å². The predicted molar refractivity (Wildman–Crippen MR) is 73.7 cm³/mol. The van der Waals surface area contributed by atoms with Gasteiger partial charge in [-0.1, -0.05) is 24.3 Å². The molecule has 84 valence electrons. The molecule has 0 radical (unpaired) electrons. The average Bonchev–Trinajstić information content (AvgIpc) is 2.73. The number of nitrogens with two attached hydrogens (primary N) is 1. The van der Waals surface area contributed by atoms with Gasteiger partial charge in [0.05, 0.1) is 8.79 Å². The quantitative estimate of drug-likeness (QED) is 0.905. The molecule has 1 aromatic heterocycles. The van der Waals surface area contributed by atoms with E-state index in [9.17, 15) is 0 Å². The predicted octanol–water partition coefficient (Wildman–Crippen LogP) is 3.58. The molecule has 1 heterocycles. The minimum atomic E-state index is 0.596. The summed E-state index contributed by atoms with van der Waals surface area (Å²) >= 11 is 5.14. The van der Waals surface area contributed by atoms with Gasteiger partial charge in [-0.25, -0.2) is 0 Å². The number of rotatable bonds is 4. The maximum Gasteiger partial charge on any atom is 0.0897 e. The molecule has 16 heavy (non-hydrogen) atoms. The number of hydrogen-bond acceptors (Lipinski definition) is 3. The minimum Gasteiger partial charge on any atom is -0.373 e. The van der Waals surface area contributed by atoms with E-state index in [0.29, 0.717) is 6.54 Å². The van der Waals surface area contributed by atoms with E-state index in [1.54, 1.807) is 11.3 Å². The number of benzene rings is 1. The van der Waals surface area contributed by atoms with Crippen molar-refractivity contribution in [3.63, 3.8) is 0 Å². The van der Waals surface area contributed by atoms with Crippen LogP contribution in [0.5, 0.6) is 0 Å². The van der Waals surface area contributed by atoms with Crippen molar-refractivity contribution < 1.29 is 0 Å². The fourth-order valence-corrected chi connectivity index (χ4v) is 2.75. The zero-order chi connectivity index (χ0) is 11.4. The third-order valence-corrected chi connectivity index (χ3v) is 3.85. The summed E-state index contributed by atoms with van der Waals surface area (Å²) in [5.74, 6) is 0. The molecule has 0 amide bonds. The Balaban J connectivity index is 1.99. The first-order chi connectivity index (χ1) is 7.78. The highest BCUT2D eigenvalue weighted by Gasteiger charge is 1.98. The molecule has 1 aromatic carbocycles. The van der Waals surface area contributed by atoms with Gasteiger partial charge in [-0.05, 0) is 39.2 Å². The molecular weight excluding hydrogens is 284 g/mol. The van der Waals surface area contributed by atoms with Crippen LogP contribution in [0.15, 0.2) is 40.2 Å². The Morgan fingerprint density at radius 3 is 2.69 bits per heavy atom. The molecule has 0 aliphatic carbocycles. The van der Waals surface area contributed by atoms with E-state index in [1.807, 2.05) is 18.2 Å². The van der Waals surface area contributed by atoms with Gasteiger partial charge in [0.25, 0.3) is 0 Å². The number of halogens is 1. The third-order valence-electron chi connectivity index (χ3n) is 2.27. The average molecular weight is 297 g/mol. The SMILES string of the molecule is NCc1cccc(CNc2ccc(Br)s2)c1. The lowest BCUT2D eigenvalue weighted by atomic mass is 10.1. The lowest BCUT2D eigenvalue weighted by Crippen LogP contribution is -2.00. The molecule has 2 nitrogen and oxygen atoms in total. The summed E-state index contributed by atoms with van der Waals surface area (Å²) in [6, 6.07) is 12.4. The van der Waals surface area contributed by atoms with Crippen molar-refractivity contribution in [1.29, 1.82) is 0 Å². The van der Waals surface area contributed by atoms with Gasteiger partial charge in [0.1, 0.15) is 0 Å². The topological polar surface area (TPSA) is 38.0 Å². The summed E-state index contributed by atoms with van der Waals surface area (Å²) in [5, 5.41) is 4.55. The first-order valence-corrected chi connectivity index (χ1v) is 6.66. The Bertz CT molecular complexity index is 468. The fraction of sp³-hybridized carbons (Fsp3) is 0.167. The Hall–Kier alpha value is -0.840. The smallest absolute Gasteiger partial charge is 0.0897 e. The molecule has 4 heteroatoms. The van der Waals surface area contributed by atoms with Crippen molar-refractivity contribution >= 4 is 32.3 Å². The van der Waals surface area contributed by atoms with Crippen molar-refractivity contribution in [2.75, 3.05) is 5.32 Å². The highest BCUT2D eigenvalue weighted by Crippen LogP contribution is 2.26. The fourth-order valence-electron chi connectivity index (χ4n) is 1.47. The summed E-state index contributed by atoms with van der Waals surface area (Å²) in [7, 11) is 0. The second-order valence-electron chi connectivity index (χ2n) is 3.48. The number of hydrogen-bond donors (Lipinski definition) is 2. The molecule has 0 atom stereocenters. The van der Waals surface area contributed by atoms with E-state index in [-0.39, 0.29) is 0 Å². The summed E-state index contributed by atoms with van der Waals surface area (Å²) in [6.07, 6.45) is 0. The van der Waals surface area contributed by atoms with Gasteiger partial charge in [0, 0.05) is 13.1 Å².